The summed E-state index contributed by atoms with van der Waals surface area (Å²) in [6, 6.07) is 1.03. The Labute approximate surface area is 205 Å². The van der Waals surface area contributed by atoms with Crippen LogP contribution in [0.1, 0.15) is 131 Å². The van der Waals surface area contributed by atoms with Crippen LogP contribution >= 0.6 is 0 Å². The van der Waals surface area contributed by atoms with E-state index in [1.807, 2.05) is 0 Å². The second kappa shape index (κ2) is 8.55. The fourth-order valence-corrected chi connectivity index (χ4v) is 9.72. The molecule has 0 spiro atoms. The second-order valence-corrected chi connectivity index (χ2v) is 15.7. The molecule has 188 valence electrons. The maximum atomic E-state index is 14.7. The fraction of sp³-hybridized carbons (Fsp3) is 0.968. The summed E-state index contributed by atoms with van der Waals surface area (Å²) in [5, 5.41) is 0. The highest BCUT2D eigenvalue weighted by atomic mass is 16.2. The molecule has 0 radical (unpaired) electrons. The van der Waals surface area contributed by atoms with Crippen LogP contribution in [-0.4, -0.2) is 22.9 Å². The lowest BCUT2D eigenvalue weighted by molar-refractivity contribution is -0.165. The van der Waals surface area contributed by atoms with Crippen LogP contribution in [0.15, 0.2) is 0 Å². The predicted molar refractivity (Wildman–Crippen MR) is 138 cm³/mol. The molecule has 0 atom stereocenters. The Bertz CT molecular complexity index is 639. The van der Waals surface area contributed by atoms with E-state index in [1.165, 1.54) is 89.9 Å². The molecule has 0 aromatic heterocycles. The summed E-state index contributed by atoms with van der Waals surface area (Å²) in [6.45, 7) is 14.5. The molecule has 0 aliphatic heterocycles. The molecule has 6 fully saturated rings. The van der Waals surface area contributed by atoms with Crippen LogP contribution in [0.2, 0.25) is 0 Å². The largest absolute Gasteiger partial charge is 0.336 e. The van der Waals surface area contributed by atoms with Crippen LogP contribution in [0.5, 0.6) is 0 Å². The van der Waals surface area contributed by atoms with Crippen LogP contribution in [-0.2, 0) is 4.79 Å². The number of rotatable bonds is 3. The molecular weight excluding hydrogens is 402 g/mol. The minimum absolute atomic E-state index is 0.0243. The number of nitrogens with zero attached hydrogens (tertiary/aromatic N) is 1. The van der Waals surface area contributed by atoms with Crippen molar-refractivity contribution in [1.29, 1.82) is 0 Å². The lowest BCUT2D eigenvalue weighted by atomic mass is 9.49. The van der Waals surface area contributed by atoms with Crippen molar-refractivity contribution in [2.24, 2.45) is 45.8 Å². The zero-order chi connectivity index (χ0) is 23.6. The molecule has 6 aliphatic carbocycles. The molecule has 1 amide bonds. The summed E-state index contributed by atoms with van der Waals surface area (Å²) >= 11 is 0. The fourth-order valence-electron chi connectivity index (χ4n) is 9.72. The SMILES string of the molecule is CC(C)(C)C1CCC(N(C(=O)C23CC4CC(CC(C4)C2)C3)C2CCC(C(C)(C)C)CC2)CC1. The van der Waals surface area contributed by atoms with E-state index in [1.54, 1.807) is 0 Å². The van der Waals surface area contributed by atoms with Crippen molar-refractivity contribution in [2.45, 2.75) is 144 Å². The van der Waals surface area contributed by atoms with Gasteiger partial charge in [-0.3, -0.25) is 4.79 Å². The maximum absolute atomic E-state index is 14.7. The van der Waals surface area contributed by atoms with Crippen molar-refractivity contribution in [3.8, 4) is 0 Å². The summed E-state index contributed by atoms with van der Waals surface area (Å²) < 4.78 is 0. The van der Waals surface area contributed by atoms with Gasteiger partial charge in [0.15, 0.2) is 0 Å². The third-order valence-corrected chi connectivity index (χ3v) is 11.4. The number of amides is 1. The third kappa shape index (κ3) is 4.67. The van der Waals surface area contributed by atoms with Crippen LogP contribution in [0.25, 0.3) is 0 Å². The second-order valence-electron chi connectivity index (χ2n) is 15.7. The first-order valence-electron chi connectivity index (χ1n) is 14.8. The number of hydrogen-bond acceptors (Lipinski definition) is 1. The van der Waals surface area contributed by atoms with E-state index in [0.29, 0.717) is 28.8 Å². The molecule has 0 N–H and O–H groups in total. The van der Waals surface area contributed by atoms with E-state index < -0.39 is 0 Å². The zero-order valence-corrected chi connectivity index (χ0v) is 22.8. The summed E-state index contributed by atoms with van der Waals surface area (Å²) in [5.74, 6) is 4.85. The summed E-state index contributed by atoms with van der Waals surface area (Å²) in [5.41, 5.74) is 0.839. The minimum atomic E-state index is 0.0243. The van der Waals surface area contributed by atoms with E-state index in [-0.39, 0.29) is 5.41 Å². The van der Waals surface area contributed by atoms with Gasteiger partial charge in [-0.15, -0.1) is 0 Å². The molecule has 0 saturated heterocycles. The topological polar surface area (TPSA) is 20.3 Å². The number of carbonyl (C=O) groups is 1. The third-order valence-electron chi connectivity index (χ3n) is 11.4. The van der Waals surface area contributed by atoms with E-state index in [9.17, 15) is 4.79 Å². The molecular formula is C31H53NO. The molecule has 0 aromatic rings. The Morgan fingerprint density at radius 1 is 0.606 bits per heavy atom. The van der Waals surface area contributed by atoms with Crippen LogP contribution in [0.4, 0.5) is 0 Å². The number of carbonyl (C=O) groups excluding carboxylic acids is 1. The average molecular weight is 456 g/mol. The van der Waals surface area contributed by atoms with Gasteiger partial charge in [-0.2, -0.15) is 0 Å². The summed E-state index contributed by atoms with van der Waals surface area (Å²) in [6.07, 6.45) is 18.2. The first-order chi connectivity index (χ1) is 15.4. The minimum Gasteiger partial charge on any atom is -0.336 e. The van der Waals surface area contributed by atoms with Gasteiger partial charge in [0.1, 0.15) is 0 Å². The molecule has 4 bridgehead atoms. The average Bonchev–Trinajstić information content (AvgIpc) is 2.72. The Kier molecular flexibility index (Phi) is 6.26. The lowest BCUT2D eigenvalue weighted by Crippen LogP contribution is -2.59. The Balaban J connectivity index is 1.36. The van der Waals surface area contributed by atoms with Crippen LogP contribution in [0.3, 0.4) is 0 Å². The van der Waals surface area contributed by atoms with Crippen molar-refractivity contribution in [2.75, 3.05) is 0 Å². The van der Waals surface area contributed by atoms with E-state index >= 15 is 0 Å². The smallest absolute Gasteiger partial charge is 0.229 e. The van der Waals surface area contributed by atoms with E-state index in [0.717, 1.165) is 29.6 Å². The van der Waals surface area contributed by atoms with Crippen molar-refractivity contribution < 1.29 is 4.79 Å². The first kappa shape index (κ1) is 24.2. The Hall–Kier alpha value is -0.530. The molecule has 0 unspecified atom stereocenters. The zero-order valence-electron chi connectivity index (χ0n) is 22.8. The first-order valence-corrected chi connectivity index (χ1v) is 14.8. The molecule has 2 heteroatoms. The van der Waals surface area contributed by atoms with E-state index in [4.69, 9.17) is 0 Å². The molecule has 0 aromatic carbocycles. The summed E-state index contributed by atoms with van der Waals surface area (Å²) in [4.78, 5) is 17.3. The van der Waals surface area contributed by atoms with Crippen molar-refractivity contribution >= 4 is 5.91 Å². The van der Waals surface area contributed by atoms with E-state index in [2.05, 4.69) is 46.4 Å². The molecule has 33 heavy (non-hydrogen) atoms. The standard InChI is InChI=1S/C31H53NO/c1-29(2,3)24-7-11-26(12-8-24)32(27-13-9-25(10-14-27)30(4,5)6)28(33)31-18-21-15-22(19-31)17-23(16-21)20-31/h21-27H,7-20H2,1-6H3. The Morgan fingerprint density at radius 2 is 0.939 bits per heavy atom. The van der Waals surface area contributed by atoms with Gasteiger partial charge in [0.05, 0.1) is 5.41 Å². The van der Waals surface area contributed by atoms with Gasteiger partial charge in [0, 0.05) is 12.1 Å². The molecule has 6 aliphatic rings. The van der Waals surface area contributed by atoms with Gasteiger partial charge in [-0.05, 0) is 130 Å². The van der Waals surface area contributed by atoms with Crippen LogP contribution in [0, 0.1) is 45.8 Å². The van der Waals surface area contributed by atoms with Gasteiger partial charge < -0.3 is 4.90 Å². The van der Waals surface area contributed by atoms with Gasteiger partial charge >= 0.3 is 0 Å². The quantitative estimate of drug-likeness (QED) is 0.419. The Morgan fingerprint density at radius 3 is 1.24 bits per heavy atom. The summed E-state index contributed by atoms with van der Waals surface area (Å²) in [7, 11) is 0. The molecule has 6 rings (SSSR count). The van der Waals surface area contributed by atoms with Gasteiger partial charge in [0.2, 0.25) is 5.91 Å². The highest BCUT2D eigenvalue weighted by Gasteiger charge is 2.57. The van der Waals surface area contributed by atoms with Crippen LogP contribution < -0.4 is 0 Å². The number of hydrogen-bond donors (Lipinski definition) is 0. The van der Waals surface area contributed by atoms with Crippen molar-refractivity contribution in [3.05, 3.63) is 0 Å². The molecule has 0 heterocycles. The molecule has 2 nitrogen and oxygen atoms in total. The monoisotopic (exact) mass is 455 g/mol. The van der Waals surface area contributed by atoms with Gasteiger partial charge in [-0.25, -0.2) is 0 Å². The normalized spacial score (nSPS) is 43.5. The lowest BCUT2D eigenvalue weighted by Gasteiger charge is -2.58. The molecule has 6 saturated carbocycles. The van der Waals surface area contributed by atoms with Crippen molar-refractivity contribution in [3.63, 3.8) is 0 Å². The predicted octanol–water partition coefficient (Wildman–Crippen LogP) is 8.24. The maximum Gasteiger partial charge on any atom is 0.229 e. The van der Waals surface area contributed by atoms with Crippen molar-refractivity contribution in [1.82, 2.24) is 4.90 Å². The van der Waals surface area contributed by atoms with Gasteiger partial charge in [0.25, 0.3) is 0 Å². The van der Waals surface area contributed by atoms with Gasteiger partial charge in [-0.1, -0.05) is 41.5 Å². The highest BCUT2D eigenvalue weighted by Crippen LogP contribution is 2.61. The highest BCUT2D eigenvalue weighted by molar-refractivity contribution is 5.84.